The lowest BCUT2D eigenvalue weighted by Gasteiger charge is -2.47. The Morgan fingerprint density at radius 1 is 1.28 bits per heavy atom. The van der Waals surface area contributed by atoms with Crippen LogP contribution < -0.4 is 10.3 Å². The molecule has 0 aromatic heterocycles. The predicted molar refractivity (Wildman–Crippen MR) is 123 cm³/mol. The highest BCUT2D eigenvalue weighted by molar-refractivity contribution is 6.42. The number of fused-ring (bicyclic) bond motifs is 1. The van der Waals surface area contributed by atoms with E-state index < -0.39 is 0 Å². The second-order valence-electron chi connectivity index (χ2n) is 8.26. The van der Waals surface area contributed by atoms with Gasteiger partial charge in [0.05, 0.1) is 16.3 Å². The maximum Gasteiger partial charge on any atom is 0.271 e. The quantitative estimate of drug-likeness (QED) is 0.463. The maximum absolute atomic E-state index is 12.3. The Morgan fingerprint density at radius 3 is 2.66 bits per heavy atom. The third-order valence-electron chi connectivity index (χ3n) is 5.64. The number of halogens is 2. The van der Waals surface area contributed by atoms with E-state index in [0.717, 1.165) is 24.1 Å². The van der Waals surface area contributed by atoms with Crippen LogP contribution in [-0.2, 0) is 0 Å². The van der Waals surface area contributed by atoms with Crippen LogP contribution in [0.1, 0.15) is 67.1 Å². The van der Waals surface area contributed by atoms with E-state index in [2.05, 4.69) is 62.2 Å². The number of aryl methyl sites for hydroxylation is 1. The van der Waals surface area contributed by atoms with Gasteiger partial charge in [-0.2, -0.15) is 5.10 Å². The molecule has 0 bridgehead atoms. The van der Waals surface area contributed by atoms with Gasteiger partial charge in [-0.15, -0.1) is 0 Å². The Labute approximate surface area is 182 Å². The number of nitrogens with zero attached hydrogens (tertiary/aromatic N) is 2. The fourth-order valence-corrected chi connectivity index (χ4v) is 4.55. The molecule has 2 aromatic carbocycles. The number of anilines is 1. The summed E-state index contributed by atoms with van der Waals surface area (Å²) in [5, 5.41) is 4.91. The van der Waals surface area contributed by atoms with Gasteiger partial charge in [-0.1, -0.05) is 30.1 Å². The Balaban J connectivity index is 1.82. The molecule has 0 radical (unpaired) electrons. The second-order valence-corrected chi connectivity index (χ2v) is 9.07. The molecule has 1 atom stereocenters. The zero-order valence-electron chi connectivity index (χ0n) is 17.5. The summed E-state index contributed by atoms with van der Waals surface area (Å²) in [5.41, 5.74) is 7.86. The van der Waals surface area contributed by atoms with Crippen LogP contribution >= 0.6 is 23.2 Å². The van der Waals surface area contributed by atoms with Gasteiger partial charge < -0.3 is 4.90 Å². The fourth-order valence-electron chi connectivity index (χ4n) is 4.25. The second kappa shape index (κ2) is 8.37. The monoisotopic (exact) mass is 431 g/mol. The van der Waals surface area contributed by atoms with Gasteiger partial charge in [0.15, 0.2) is 0 Å². The van der Waals surface area contributed by atoms with Gasteiger partial charge in [-0.3, -0.25) is 4.79 Å². The van der Waals surface area contributed by atoms with Crippen LogP contribution in [-0.4, -0.2) is 24.2 Å². The molecule has 154 valence electrons. The van der Waals surface area contributed by atoms with Gasteiger partial charge in [-0.05, 0) is 87.1 Å². The van der Waals surface area contributed by atoms with E-state index in [1.165, 1.54) is 17.3 Å². The van der Waals surface area contributed by atoms with E-state index in [0.29, 0.717) is 21.5 Å². The van der Waals surface area contributed by atoms with E-state index in [-0.39, 0.29) is 11.4 Å². The van der Waals surface area contributed by atoms with Crippen molar-refractivity contribution in [2.45, 2.75) is 52.5 Å². The van der Waals surface area contributed by atoms with E-state index in [1.54, 1.807) is 18.3 Å². The van der Waals surface area contributed by atoms with Crippen LogP contribution in [0.2, 0.25) is 10.0 Å². The topological polar surface area (TPSA) is 44.7 Å². The van der Waals surface area contributed by atoms with Crippen LogP contribution in [0, 0.1) is 6.92 Å². The van der Waals surface area contributed by atoms with Crippen LogP contribution in [0.25, 0.3) is 0 Å². The van der Waals surface area contributed by atoms with Gasteiger partial charge >= 0.3 is 0 Å². The van der Waals surface area contributed by atoms with Crippen molar-refractivity contribution < 1.29 is 4.79 Å². The third kappa shape index (κ3) is 4.44. The first-order valence-electron chi connectivity index (χ1n) is 9.84. The normalized spacial score (nSPS) is 18.0. The molecule has 0 fully saturated rings. The van der Waals surface area contributed by atoms with Crippen molar-refractivity contribution in [1.29, 1.82) is 0 Å². The van der Waals surface area contributed by atoms with Crippen molar-refractivity contribution in [1.82, 2.24) is 5.43 Å². The summed E-state index contributed by atoms with van der Waals surface area (Å²) in [4.78, 5) is 14.8. The van der Waals surface area contributed by atoms with Crippen molar-refractivity contribution in [3.8, 4) is 0 Å². The summed E-state index contributed by atoms with van der Waals surface area (Å²) >= 11 is 11.9. The van der Waals surface area contributed by atoms with Crippen LogP contribution in [0.15, 0.2) is 35.4 Å². The highest BCUT2D eigenvalue weighted by Gasteiger charge is 2.35. The Kier molecular flexibility index (Phi) is 6.25. The highest BCUT2D eigenvalue weighted by atomic mass is 35.5. The van der Waals surface area contributed by atoms with Crippen LogP contribution in [0.5, 0.6) is 0 Å². The average Bonchev–Trinajstić information content (AvgIpc) is 2.64. The number of rotatable bonds is 4. The smallest absolute Gasteiger partial charge is 0.271 e. The van der Waals surface area contributed by atoms with Crippen molar-refractivity contribution in [2.24, 2.45) is 5.10 Å². The zero-order valence-corrected chi connectivity index (χ0v) is 19.0. The number of carbonyl (C=O) groups is 1. The molecule has 6 heteroatoms. The minimum atomic E-state index is -0.331. The molecule has 0 saturated heterocycles. The summed E-state index contributed by atoms with van der Waals surface area (Å²) in [6, 6.07) is 9.17. The number of carbonyl (C=O) groups excluding carboxylic acids is 1. The van der Waals surface area contributed by atoms with Crippen molar-refractivity contribution in [3.05, 3.63) is 62.6 Å². The standard InChI is InChI=1S/C23H27Cl2N3O/c1-6-28-21-9-14(2)17(10-18(21)15(3)12-23(28,4)5)13-26-27-22(29)16-7-8-19(24)20(25)11-16/h7-11,13,15H,6,12H2,1-5H3,(H,27,29)/b26-13+. The lowest BCUT2D eigenvalue weighted by atomic mass is 9.79. The molecule has 0 spiro atoms. The summed E-state index contributed by atoms with van der Waals surface area (Å²) in [6.07, 6.45) is 2.80. The maximum atomic E-state index is 12.3. The first-order valence-corrected chi connectivity index (χ1v) is 10.6. The lowest BCUT2D eigenvalue weighted by Crippen LogP contribution is -2.48. The molecule has 1 amide bonds. The zero-order chi connectivity index (χ0) is 21.3. The molecular formula is C23H27Cl2N3O. The lowest BCUT2D eigenvalue weighted by molar-refractivity contribution is 0.0955. The number of nitrogens with one attached hydrogen (secondary N) is 1. The molecule has 1 aliphatic heterocycles. The number of benzene rings is 2. The van der Waals surface area contributed by atoms with Gasteiger partial charge in [0.1, 0.15) is 0 Å². The first kappa shape index (κ1) is 21.7. The predicted octanol–water partition coefficient (Wildman–Crippen LogP) is 6.18. The number of hydrazone groups is 1. The van der Waals surface area contributed by atoms with Gasteiger partial charge in [-0.25, -0.2) is 5.43 Å². The molecule has 4 nitrogen and oxygen atoms in total. The Bertz CT molecular complexity index is 969. The molecule has 2 aromatic rings. The number of hydrogen-bond acceptors (Lipinski definition) is 3. The van der Waals surface area contributed by atoms with Crippen LogP contribution in [0.4, 0.5) is 5.69 Å². The summed E-state index contributed by atoms with van der Waals surface area (Å²) in [6.45, 7) is 12.1. The molecule has 1 N–H and O–H groups in total. The van der Waals surface area contributed by atoms with Crippen LogP contribution in [0.3, 0.4) is 0 Å². The van der Waals surface area contributed by atoms with E-state index >= 15 is 0 Å². The van der Waals surface area contributed by atoms with Gasteiger partial charge in [0.25, 0.3) is 5.91 Å². The minimum absolute atomic E-state index is 0.136. The van der Waals surface area contributed by atoms with Gasteiger partial charge in [0, 0.05) is 23.3 Å². The van der Waals surface area contributed by atoms with E-state index in [1.807, 2.05) is 0 Å². The van der Waals surface area contributed by atoms with Crippen molar-refractivity contribution >= 4 is 41.0 Å². The van der Waals surface area contributed by atoms with E-state index in [9.17, 15) is 4.79 Å². The Morgan fingerprint density at radius 2 is 2.00 bits per heavy atom. The minimum Gasteiger partial charge on any atom is -0.366 e. The number of hydrogen-bond donors (Lipinski definition) is 1. The molecular weight excluding hydrogens is 405 g/mol. The fraction of sp³-hybridized carbons (Fsp3) is 0.391. The average molecular weight is 432 g/mol. The summed E-state index contributed by atoms with van der Waals surface area (Å²) in [7, 11) is 0. The van der Waals surface area contributed by atoms with Gasteiger partial charge in [0.2, 0.25) is 0 Å². The SMILES string of the molecule is CCN1c2cc(C)c(/C=N/NC(=O)c3ccc(Cl)c(Cl)c3)cc2C(C)CC1(C)C. The molecule has 0 saturated carbocycles. The highest BCUT2D eigenvalue weighted by Crippen LogP contribution is 2.44. The molecule has 1 heterocycles. The Hall–Kier alpha value is -2.04. The third-order valence-corrected chi connectivity index (χ3v) is 6.38. The van der Waals surface area contributed by atoms with E-state index in [4.69, 9.17) is 23.2 Å². The largest absolute Gasteiger partial charge is 0.366 e. The molecule has 0 aliphatic carbocycles. The molecule has 3 rings (SSSR count). The number of amides is 1. The van der Waals surface area contributed by atoms with Crippen molar-refractivity contribution in [2.75, 3.05) is 11.4 Å². The van der Waals surface area contributed by atoms with Crippen molar-refractivity contribution in [3.63, 3.8) is 0 Å². The first-order chi connectivity index (χ1) is 13.6. The summed E-state index contributed by atoms with van der Waals surface area (Å²) < 4.78 is 0. The molecule has 1 unspecified atom stereocenters. The summed E-state index contributed by atoms with van der Waals surface area (Å²) in [5.74, 6) is 0.129. The molecule has 1 aliphatic rings. The molecule has 29 heavy (non-hydrogen) atoms.